The lowest BCUT2D eigenvalue weighted by molar-refractivity contribution is -0.274. The molecule has 0 unspecified atom stereocenters. The predicted octanol–water partition coefficient (Wildman–Crippen LogP) is 5.25. The minimum absolute atomic E-state index is 0.289. The smallest absolute Gasteiger partial charge is 0.406 e. The number of pyridine rings is 1. The van der Waals surface area contributed by atoms with Crippen LogP contribution in [0.4, 0.5) is 13.2 Å². The molecule has 0 aliphatic rings. The Hall–Kier alpha value is -1.49. The Balaban J connectivity index is 2.10. The van der Waals surface area contributed by atoms with E-state index in [9.17, 15) is 13.2 Å². The van der Waals surface area contributed by atoms with Crippen molar-refractivity contribution in [2.45, 2.75) is 18.2 Å². The van der Waals surface area contributed by atoms with E-state index in [1.54, 1.807) is 24.0 Å². The van der Waals surface area contributed by atoms with E-state index in [4.69, 9.17) is 0 Å². The van der Waals surface area contributed by atoms with Crippen molar-refractivity contribution in [1.82, 2.24) is 14.5 Å². The minimum Gasteiger partial charge on any atom is -0.406 e. The molecule has 3 rings (SSSR count). The maximum Gasteiger partial charge on any atom is 0.573 e. The van der Waals surface area contributed by atoms with Crippen LogP contribution < -0.4 is 4.74 Å². The van der Waals surface area contributed by atoms with Gasteiger partial charge in [-0.05, 0) is 46.5 Å². The zero-order chi connectivity index (χ0) is 18.2. The Morgan fingerprint density at radius 3 is 2.72 bits per heavy atom. The van der Waals surface area contributed by atoms with Crippen LogP contribution in [0.5, 0.6) is 5.75 Å². The van der Waals surface area contributed by atoms with Crippen LogP contribution in [0.2, 0.25) is 0 Å². The number of fused-ring (bicyclic) bond motifs is 1. The summed E-state index contributed by atoms with van der Waals surface area (Å²) in [7, 11) is 1.81. The first-order chi connectivity index (χ1) is 11.8. The van der Waals surface area contributed by atoms with Crippen molar-refractivity contribution in [3.05, 3.63) is 34.0 Å². The van der Waals surface area contributed by atoms with Crippen molar-refractivity contribution in [2.75, 3.05) is 5.75 Å². The highest BCUT2D eigenvalue weighted by Gasteiger charge is 2.31. The molecule has 4 nitrogen and oxygen atoms in total. The molecule has 0 radical (unpaired) electrons. The van der Waals surface area contributed by atoms with Crippen LogP contribution in [0.15, 0.2) is 35.4 Å². The molecule has 0 saturated heterocycles. The van der Waals surface area contributed by atoms with Crippen LogP contribution in [0.1, 0.15) is 6.92 Å². The summed E-state index contributed by atoms with van der Waals surface area (Å²) in [6.07, 6.45) is -2.99. The molecule has 0 aliphatic carbocycles. The zero-order valence-electron chi connectivity index (χ0n) is 13.3. The minimum atomic E-state index is -4.73. The third-order valence-electron chi connectivity index (χ3n) is 3.42. The van der Waals surface area contributed by atoms with Crippen molar-refractivity contribution >= 4 is 45.4 Å². The number of hydrogen-bond acceptors (Lipinski definition) is 4. The highest BCUT2D eigenvalue weighted by Crippen LogP contribution is 2.33. The third kappa shape index (κ3) is 4.02. The molecule has 9 heteroatoms. The summed E-state index contributed by atoms with van der Waals surface area (Å²) < 4.78 is 44.0. The van der Waals surface area contributed by atoms with Gasteiger partial charge in [0.2, 0.25) is 0 Å². The maximum atomic E-state index is 12.4. The second kappa shape index (κ2) is 7.02. The molecular weight excluding hydrogens is 466 g/mol. The lowest BCUT2D eigenvalue weighted by Gasteiger charge is -2.08. The first kappa shape index (κ1) is 18.3. The fourth-order valence-electron chi connectivity index (χ4n) is 2.44. The van der Waals surface area contributed by atoms with E-state index in [0.29, 0.717) is 22.6 Å². The van der Waals surface area contributed by atoms with E-state index < -0.39 is 6.36 Å². The van der Waals surface area contributed by atoms with E-state index >= 15 is 0 Å². The molecular formula is C16H13F3IN3OS. The number of nitrogens with zero attached hydrogens (tertiary/aromatic N) is 3. The number of benzene rings is 1. The topological polar surface area (TPSA) is 39.9 Å². The molecule has 2 aromatic heterocycles. The number of aryl methyl sites for hydroxylation is 1. The van der Waals surface area contributed by atoms with Crippen LogP contribution in [0.3, 0.4) is 0 Å². The average Bonchev–Trinajstić information content (AvgIpc) is 2.83. The molecule has 132 valence electrons. The number of ether oxygens (including phenoxy) is 1. The number of hydrogen-bond donors (Lipinski definition) is 0. The van der Waals surface area contributed by atoms with Gasteiger partial charge in [-0.2, -0.15) is 0 Å². The van der Waals surface area contributed by atoms with E-state index in [-0.39, 0.29) is 5.75 Å². The van der Waals surface area contributed by atoms with Crippen LogP contribution in [0.25, 0.3) is 22.6 Å². The quantitative estimate of drug-likeness (QED) is 0.379. The maximum absolute atomic E-state index is 12.4. The van der Waals surface area contributed by atoms with Crippen LogP contribution in [-0.4, -0.2) is 26.7 Å². The first-order valence-electron chi connectivity index (χ1n) is 7.29. The largest absolute Gasteiger partial charge is 0.573 e. The second-order valence-corrected chi connectivity index (χ2v) is 7.68. The SMILES string of the molecule is CCSc1cc(I)cnc1-c1nc2cc(OC(F)(F)F)ccc2n1C. The van der Waals surface area contributed by atoms with Gasteiger partial charge in [-0.15, -0.1) is 24.9 Å². The van der Waals surface area contributed by atoms with Crippen molar-refractivity contribution in [3.63, 3.8) is 0 Å². The summed E-state index contributed by atoms with van der Waals surface area (Å²) in [5.41, 5.74) is 1.84. The van der Waals surface area contributed by atoms with Crippen LogP contribution >= 0.6 is 34.4 Å². The van der Waals surface area contributed by atoms with Gasteiger partial charge >= 0.3 is 6.36 Å². The highest BCUT2D eigenvalue weighted by atomic mass is 127. The van der Waals surface area contributed by atoms with E-state index in [1.165, 1.54) is 12.1 Å². The Morgan fingerprint density at radius 1 is 1.28 bits per heavy atom. The van der Waals surface area contributed by atoms with Gasteiger partial charge in [-0.3, -0.25) is 4.98 Å². The van der Waals surface area contributed by atoms with Crippen LogP contribution in [0, 0.1) is 3.57 Å². The Labute approximate surface area is 159 Å². The van der Waals surface area contributed by atoms with Gasteiger partial charge in [0.15, 0.2) is 5.82 Å². The third-order valence-corrected chi connectivity index (χ3v) is 4.92. The van der Waals surface area contributed by atoms with Gasteiger partial charge < -0.3 is 9.30 Å². The Bertz CT molecular complexity index is 927. The summed E-state index contributed by atoms with van der Waals surface area (Å²) in [5.74, 6) is 1.19. The van der Waals surface area contributed by atoms with E-state index in [1.807, 2.05) is 24.6 Å². The number of thioether (sulfide) groups is 1. The highest BCUT2D eigenvalue weighted by molar-refractivity contribution is 14.1. The Kier molecular flexibility index (Phi) is 5.14. The lowest BCUT2D eigenvalue weighted by atomic mass is 10.3. The van der Waals surface area contributed by atoms with E-state index in [2.05, 4.69) is 37.3 Å². The summed E-state index contributed by atoms with van der Waals surface area (Å²) in [5, 5.41) is 0. The van der Waals surface area contributed by atoms with Gasteiger partial charge in [-0.25, -0.2) is 4.98 Å². The predicted molar refractivity (Wildman–Crippen MR) is 99.7 cm³/mol. The molecule has 2 heterocycles. The molecule has 0 amide bonds. The van der Waals surface area contributed by atoms with Crippen molar-refractivity contribution in [1.29, 1.82) is 0 Å². The molecule has 0 bridgehead atoms. The second-order valence-electron chi connectivity index (χ2n) is 5.13. The van der Waals surface area contributed by atoms with Crippen LogP contribution in [-0.2, 0) is 7.05 Å². The fraction of sp³-hybridized carbons (Fsp3) is 0.250. The van der Waals surface area contributed by atoms with Gasteiger partial charge in [0, 0.05) is 27.8 Å². The standard InChI is InChI=1S/C16H13F3IN3OS/c1-3-25-13-6-9(20)8-21-14(13)15-22-11-7-10(24-16(17,18)19)4-5-12(11)23(15)2/h4-8H,3H2,1-2H3. The average molecular weight is 479 g/mol. The number of halogens is 4. The number of aromatic nitrogens is 3. The molecule has 25 heavy (non-hydrogen) atoms. The normalized spacial score (nSPS) is 11.9. The summed E-state index contributed by atoms with van der Waals surface area (Å²) in [6, 6.07) is 6.15. The molecule has 0 N–H and O–H groups in total. The number of alkyl halides is 3. The van der Waals surface area contributed by atoms with Gasteiger partial charge in [0.1, 0.15) is 11.4 Å². The Morgan fingerprint density at radius 2 is 2.04 bits per heavy atom. The monoisotopic (exact) mass is 479 g/mol. The van der Waals surface area contributed by atoms with E-state index in [0.717, 1.165) is 14.2 Å². The number of rotatable bonds is 4. The van der Waals surface area contributed by atoms with Gasteiger partial charge in [-0.1, -0.05) is 6.92 Å². The molecule has 0 aliphatic heterocycles. The summed E-state index contributed by atoms with van der Waals surface area (Å²) in [6.45, 7) is 2.05. The molecule has 0 saturated carbocycles. The molecule has 0 fully saturated rings. The fourth-order valence-corrected chi connectivity index (χ4v) is 3.91. The molecule has 0 spiro atoms. The molecule has 1 aromatic carbocycles. The van der Waals surface area contributed by atoms with Gasteiger partial charge in [0.05, 0.1) is 11.0 Å². The first-order valence-corrected chi connectivity index (χ1v) is 9.36. The summed E-state index contributed by atoms with van der Waals surface area (Å²) in [4.78, 5) is 9.95. The van der Waals surface area contributed by atoms with Crippen molar-refractivity contribution in [2.24, 2.45) is 7.05 Å². The molecule has 3 aromatic rings. The van der Waals surface area contributed by atoms with Crippen molar-refractivity contribution < 1.29 is 17.9 Å². The molecule has 0 atom stereocenters. The lowest BCUT2D eigenvalue weighted by Crippen LogP contribution is -2.16. The summed E-state index contributed by atoms with van der Waals surface area (Å²) >= 11 is 3.84. The van der Waals surface area contributed by atoms with Crippen molar-refractivity contribution in [3.8, 4) is 17.3 Å². The zero-order valence-corrected chi connectivity index (χ0v) is 16.2. The van der Waals surface area contributed by atoms with Gasteiger partial charge in [0.25, 0.3) is 0 Å². The number of imidazole rings is 1.